The van der Waals surface area contributed by atoms with E-state index in [1.165, 1.54) is 5.56 Å². The molecule has 0 radical (unpaired) electrons. The topological polar surface area (TPSA) is 57.8 Å². The van der Waals surface area contributed by atoms with E-state index in [1.807, 2.05) is 18.2 Å². The molecule has 110 valence electrons. The second kappa shape index (κ2) is 4.87. The number of carbonyl (C=O) groups excluding carboxylic acids is 1. The van der Waals surface area contributed by atoms with Crippen LogP contribution < -0.4 is 4.90 Å². The number of amides is 1. The standard InChI is InChI=1S/C17H15N3O2/c21-15-8-4-9-19-11-13(18-16(15)19)17(22)20-10-3-6-12-5-1-2-7-14(12)20/h1-2,4-5,7-9,11,21H,3,6,10H2. The average molecular weight is 293 g/mol. The van der Waals surface area contributed by atoms with Crippen LogP contribution in [0.2, 0.25) is 0 Å². The van der Waals surface area contributed by atoms with Crippen LogP contribution in [0.3, 0.4) is 0 Å². The summed E-state index contributed by atoms with van der Waals surface area (Å²) in [5.74, 6) is -0.0594. The number of aryl methyl sites for hydroxylation is 1. The Kier molecular flexibility index (Phi) is 2.85. The van der Waals surface area contributed by atoms with Crippen molar-refractivity contribution in [2.45, 2.75) is 12.8 Å². The molecule has 1 N–H and O–H groups in total. The van der Waals surface area contributed by atoms with Crippen LogP contribution in [0.4, 0.5) is 5.69 Å². The average Bonchev–Trinajstić information content (AvgIpc) is 2.99. The van der Waals surface area contributed by atoms with Gasteiger partial charge in [-0.25, -0.2) is 4.98 Å². The van der Waals surface area contributed by atoms with Crippen molar-refractivity contribution in [2.24, 2.45) is 0 Å². The number of aromatic hydroxyl groups is 1. The molecule has 0 bridgehead atoms. The lowest BCUT2D eigenvalue weighted by molar-refractivity contribution is 0.0981. The van der Waals surface area contributed by atoms with Gasteiger partial charge in [0.2, 0.25) is 0 Å². The molecule has 5 nitrogen and oxygen atoms in total. The molecule has 4 rings (SSSR count). The molecule has 1 amide bonds. The summed E-state index contributed by atoms with van der Waals surface area (Å²) >= 11 is 0. The smallest absolute Gasteiger partial charge is 0.278 e. The number of pyridine rings is 1. The van der Waals surface area contributed by atoms with Gasteiger partial charge in [-0.05, 0) is 36.6 Å². The molecule has 0 saturated carbocycles. The number of hydrogen-bond donors (Lipinski definition) is 1. The fourth-order valence-electron chi connectivity index (χ4n) is 2.98. The zero-order valence-corrected chi connectivity index (χ0v) is 11.9. The molecule has 2 aromatic heterocycles. The first-order valence-electron chi connectivity index (χ1n) is 7.30. The fraction of sp³-hybridized carbons (Fsp3) is 0.176. The maximum absolute atomic E-state index is 12.8. The molecule has 1 aliphatic heterocycles. The number of imidazole rings is 1. The van der Waals surface area contributed by atoms with Crippen LogP contribution in [-0.4, -0.2) is 26.9 Å². The zero-order chi connectivity index (χ0) is 15.1. The van der Waals surface area contributed by atoms with Gasteiger partial charge in [-0.3, -0.25) is 4.79 Å². The van der Waals surface area contributed by atoms with E-state index in [2.05, 4.69) is 11.1 Å². The first kappa shape index (κ1) is 12.9. The summed E-state index contributed by atoms with van der Waals surface area (Å²) in [4.78, 5) is 18.9. The molecule has 3 aromatic rings. The molecule has 0 unspecified atom stereocenters. The first-order chi connectivity index (χ1) is 10.7. The lowest BCUT2D eigenvalue weighted by atomic mass is 10.0. The van der Waals surface area contributed by atoms with Crippen molar-refractivity contribution in [2.75, 3.05) is 11.4 Å². The van der Waals surface area contributed by atoms with Crippen LogP contribution in [-0.2, 0) is 6.42 Å². The molecule has 3 heterocycles. The third-order valence-corrected chi connectivity index (χ3v) is 4.04. The van der Waals surface area contributed by atoms with Crippen molar-refractivity contribution >= 4 is 17.2 Å². The lowest BCUT2D eigenvalue weighted by Crippen LogP contribution is -2.35. The SMILES string of the molecule is O=C(c1cn2cccc(O)c2n1)N1CCCc2ccccc21. The second-order valence-electron chi connectivity index (χ2n) is 5.44. The van der Waals surface area contributed by atoms with Crippen LogP contribution in [0.1, 0.15) is 22.5 Å². The Morgan fingerprint density at radius 2 is 2.05 bits per heavy atom. The summed E-state index contributed by atoms with van der Waals surface area (Å²) in [5, 5.41) is 9.83. The van der Waals surface area contributed by atoms with Gasteiger partial charge in [0.15, 0.2) is 11.4 Å². The van der Waals surface area contributed by atoms with Crippen molar-refractivity contribution in [3.05, 3.63) is 60.0 Å². The summed E-state index contributed by atoms with van der Waals surface area (Å²) in [6.07, 6.45) is 5.37. The van der Waals surface area contributed by atoms with Crippen molar-refractivity contribution in [3.8, 4) is 5.75 Å². The number of fused-ring (bicyclic) bond motifs is 2. The fourth-order valence-corrected chi connectivity index (χ4v) is 2.98. The van der Waals surface area contributed by atoms with Crippen LogP contribution >= 0.6 is 0 Å². The Morgan fingerprint density at radius 3 is 2.91 bits per heavy atom. The summed E-state index contributed by atoms with van der Waals surface area (Å²) in [6.45, 7) is 0.690. The number of benzene rings is 1. The van der Waals surface area contributed by atoms with Gasteiger partial charge in [0, 0.05) is 24.6 Å². The molecule has 0 aliphatic carbocycles. The predicted molar refractivity (Wildman–Crippen MR) is 83.3 cm³/mol. The largest absolute Gasteiger partial charge is 0.504 e. The molecule has 0 fully saturated rings. The summed E-state index contributed by atoms with van der Waals surface area (Å²) in [5.41, 5.74) is 2.89. The number of aromatic nitrogens is 2. The van der Waals surface area contributed by atoms with E-state index in [1.54, 1.807) is 33.8 Å². The normalized spacial score (nSPS) is 14.1. The quantitative estimate of drug-likeness (QED) is 0.750. The number of hydrogen-bond acceptors (Lipinski definition) is 3. The van der Waals surface area contributed by atoms with E-state index in [0.717, 1.165) is 18.5 Å². The molecule has 0 atom stereocenters. The van der Waals surface area contributed by atoms with E-state index in [-0.39, 0.29) is 11.7 Å². The van der Waals surface area contributed by atoms with Gasteiger partial charge in [0.25, 0.3) is 5.91 Å². The Morgan fingerprint density at radius 1 is 1.18 bits per heavy atom. The van der Waals surface area contributed by atoms with Crippen LogP contribution in [0, 0.1) is 0 Å². The molecular weight excluding hydrogens is 278 g/mol. The third-order valence-electron chi connectivity index (χ3n) is 4.04. The Balaban J connectivity index is 1.77. The summed E-state index contributed by atoms with van der Waals surface area (Å²) in [7, 11) is 0. The molecule has 1 aromatic carbocycles. The van der Waals surface area contributed by atoms with Gasteiger partial charge in [-0.1, -0.05) is 18.2 Å². The number of carbonyl (C=O) groups is 1. The second-order valence-corrected chi connectivity index (χ2v) is 5.44. The Hall–Kier alpha value is -2.82. The van der Waals surface area contributed by atoms with E-state index in [0.29, 0.717) is 17.9 Å². The number of nitrogens with zero attached hydrogens (tertiary/aromatic N) is 3. The van der Waals surface area contributed by atoms with Gasteiger partial charge in [-0.2, -0.15) is 0 Å². The highest BCUT2D eigenvalue weighted by Crippen LogP contribution is 2.28. The van der Waals surface area contributed by atoms with Gasteiger partial charge < -0.3 is 14.4 Å². The number of rotatable bonds is 1. The van der Waals surface area contributed by atoms with Crippen molar-refractivity contribution in [3.63, 3.8) is 0 Å². The summed E-state index contributed by atoms with van der Waals surface area (Å²) < 4.78 is 1.67. The maximum atomic E-state index is 12.8. The van der Waals surface area contributed by atoms with Gasteiger partial charge in [0.1, 0.15) is 5.69 Å². The molecule has 5 heteroatoms. The van der Waals surface area contributed by atoms with Crippen molar-refractivity contribution in [1.29, 1.82) is 0 Å². The minimum absolute atomic E-state index is 0.0700. The van der Waals surface area contributed by atoms with Crippen molar-refractivity contribution < 1.29 is 9.90 Å². The molecule has 1 aliphatic rings. The Labute approximate surface area is 127 Å². The first-order valence-corrected chi connectivity index (χ1v) is 7.30. The van der Waals surface area contributed by atoms with Crippen molar-refractivity contribution in [1.82, 2.24) is 9.38 Å². The van der Waals surface area contributed by atoms with E-state index >= 15 is 0 Å². The lowest BCUT2D eigenvalue weighted by Gasteiger charge is -2.28. The summed E-state index contributed by atoms with van der Waals surface area (Å²) in [6, 6.07) is 11.3. The molecule has 0 spiro atoms. The number of para-hydroxylation sites is 1. The van der Waals surface area contributed by atoms with E-state index in [9.17, 15) is 9.90 Å². The predicted octanol–water partition coefficient (Wildman–Crippen LogP) is 2.63. The highest BCUT2D eigenvalue weighted by Gasteiger charge is 2.25. The highest BCUT2D eigenvalue weighted by atomic mass is 16.3. The van der Waals surface area contributed by atoms with Crippen LogP contribution in [0.5, 0.6) is 5.75 Å². The molecule has 0 saturated heterocycles. The van der Waals surface area contributed by atoms with Crippen LogP contribution in [0.15, 0.2) is 48.8 Å². The third kappa shape index (κ3) is 1.94. The van der Waals surface area contributed by atoms with Crippen LogP contribution in [0.25, 0.3) is 5.65 Å². The van der Waals surface area contributed by atoms with Gasteiger partial charge in [-0.15, -0.1) is 0 Å². The van der Waals surface area contributed by atoms with Gasteiger partial charge >= 0.3 is 0 Å². The molecule has 22 heavy (non-hydrogen) atoms. The monoisotopic (exact) mass is 293 g/mol. The number of anilines is 1. The minimum atomic E-state index is -0.129. The molecular formula is C17H15N3O2. The maximum Gasteiger partial charge on any atom is 0.278 e. The van der Waals surface area contributed by atoms with Gasteiger partial charge in [0.05, 0.1) is 0 Å². The van der Waals surface area contributed by atoms with E-state index in [4.69, 9.17) is 0 Å². The minimum Gasteiger partial charge on any atom is -0.504 e. The highest BCUT2D eigenvalue weighted by molar-refractivity contribution is 6.05. The zero-order valence-electron chi connectivity index (χ0n) is 11.9. The van der Waals surface area contributed by atoms with E-state index < -0.39 is 0 Å². The Bertz CT molecular complexity index is 869.